The molecule has 2 aliphatic carbocycles. The lowest BCUT2D eigenvalue weighted by atomic mass is 10.1. The van der Waals surface area contributed by atoms with Crippen molar-refractivity contribution in [2.24, 2.45) is 0 Å². The number of nitrogen functional groups attached to an aromatic ring is 1. The number of nitrogens with two attached hydrogens (primary N) is 1. The van der Waals surface area contributed by atoms with Gasteiger partial charge in [0, 0.05) is 17.8 Å². The molecule has 0 amide bonds. The number of hydrogen-bond acceptors (Lipinski definition) is 2. The lowest BCUT2D eigenvalue weighted by molar-refractivity contribution is -0.134. The number of aliphatic carboxylic acids is 1. The van der Waals surface area contributed by atoms with Gasteiger partial charge in [-0.3, -0.25) is 4.79 Å². The van der Waals surface area contributed by atoms with E-state index in [1.807, 2.05) is 12.1 Å². The van der Waals surface area contributed by atoms with Gasteiger partial charge >= 0.3 is 0 Å². The molecular formula is C8H9NO2. The maximum Gasteiger partial charge on any atom is 0.300 e. The van der Waals surface area contributed by atoms with Crippen LogP contribution in [0.5, 0.6) is 0 Å². The lowest BCUT2D eigenvalue weighted by Gasteiger charge is -2.03. The zero-order chi connectivity index (χ0) is 8.43. The molecule has 0 aromatic rings. The molecule has 2 rings (SSSR count). The second-order valence-corrected chi connectivity index (χ2v) is 2.32. The van der Waals surface area contributed by atoms with Gasteiger partial charge in [0.1, 0.15) is 0 Å². The quantitative estimate of drug-likeness (QED) is 0.551. The first kappa shape index (κ1) is 7.60. The Morgan fingerprint density at radius 1 is 1.55 bits per heavy atom. The van der Waals surface area contributed by atoms with Crippen molar-refractivity contribution in [1.29, 1.82) is 0 Å². The highest BCUT2D eigenvalue weighted by atomic mass is 16.4. The Morgan fingerprint density at radius 3 is 2.09 bits per heavy atom. The summed E-state index contributed by atoms with van der Waals surface area (Å²) in [4.78, 5) is 9.00. The van der Waals surface area contributed by atoms with E-state index in [-0.39, 0.29) is 0 Å². The summed E-state index contributed by atoms with van der Waals surface area (Å²) in [5, 5.41) is 9.98. The molecule has 0 heterocycles. The summed E-state index contributed by atoms with van der Waals surface area (Å²) in [5.41, 5.74) is 6.36. The Morgan fingerprint density at radius 2 is 2.09 bits per heavy atom. The van der Waals surface area contributed by atoms with Gasteiger partial charge in [0.05, 0.1) is 0 Å². The summed E-state index contributed by atoms with van der Waals surface area (Å²) < 4.78 is 0. The van der Waals surface area contributed by atoms with Crippen molar-refractivity contribution < 1.29 is 9.90 Å². The van der Waals surface area contributed by atoms with Crippen LogP contribution in [0.1, 0.15) is 6.92 Å². The molecule has 0 bridgehead atoms. The van der Waals surface area contributed by atoms with Crippen molar-refractivity contribution in [3.8, 4) is 0 Å². The SMILES string of the molecule is CC(=O)O.Nc1cc2ccc1=2. The molecular weight excluding hydrogens is 142 g/mol. The van der Waals surface area contributed by atoms with Crippen LogP contribution in [-0.2, 0) is 4.79 Å². The average Bonchev–Trinajstić information content (AvgIpc) is 1.81. The van der Waals surface area contributed by atoms with E-state index in [0.717, 1.165) is 12.6 Å². The van der Waals surface area contributed by atoms with Gasteiger partial charge in [0.25, 0.3) is 5.97 Å². The van der Waals surface area contributed by atoms with Gasteiger partial charge in [-0.1, -0.05) is 12.1 Å². The van der Waals surface area contributed by atoms with E-state index >= 15 is 0 Å². The molecule has 0 fully saturated rings. The molecule has 0 radical (unpaired) electrons. The molecule has 11 heavy (non-hydrogen) atoms. The fraction of sp³-hybridized carbons (Fsp3) is 0.125. The minimum atomic E-state index is -0.833. The zero-order valence-corrected chi connectivity index (χ0v) is 6.16. The molecule has 3 nitrogen and oxygen atoms in total. The van der Waals surface area contributed by atoms with Crippen molar-refractivity contribution >= 4 is 11.7 Å². The van der Waals surface area contributed by atoms with E-state index < -0.39 is 5.97 Å². The first-order valence-electron chi connectivity index (χ1n) is 3.20. The van der Waals surface area contributed by atoms with E-state index in [9.17, 15) is 0 Å². The van der Waals surface area contributed by atoms with Crippen molar-refractivity contribution in [3.63, 3.8) is 0 Å². The monoisotopic (exact) mass is 151 g/mol. The van der Waals surface area contributed by atoms with Crippen LogP contribution in [0.3, 0.4) is 0 Å². The van der Waals surface area contributed by atoms with Gasteiger partial charge in [-0.05, 0) is 11.3 Å². The van der Waals surface area contributed by atoms with Crippen molar-refractivity contribution in [1.82, 2.24) is 0 Å². The number of rotatable bonds is 0. The summed E-state index contributed by atoms with van der Waals surface area (Å²) >= 11 is 0. The largest absolute Gasteiger partial charge is 0.481 e. The van der Waals surface area contributed by atoms with Crippen LogP contribution in [0, 0.1) is 10.4 Å². The fourth-order valence-corrected chi connectivity index (χ4v) is 0.819. The number of carbonyl (C=O) groups is 1. The summed E-state index contributed by atoms with van der Waals surface area (Å²) in [6.45, 7) is 1.08. The summed E-state index contributed by atoms with van der Waals surface area (Å²) in [7, 11) is 0. The predicted molar refractivity (Wildman–Crippen MR) is 41.8 cm³/mol. The Labute approximate surface area is 63.8 Å². The van der Waals surface area contributed by atoms with Gasteiger partial charge in [-0.15, -0.1) is 0 Å². The molecule has 0 aromatic heterocycles. The van der Waals surface area contributed by atoms with Crippen LogP contribution in [0.4, 0.5) is 5.69 Å². The second kappa shape index (κ2) is 2.62. The third-order valence-corrected chi connectivity index (χ3v) is 1.36. The summed E-state index contributed by atoms with van der Waals surface area (Å²) in [6.07, 6.45) is 0. The second-order valence-electron chi connectivity index (χ2n) is 2.32. The van der Waals surface area contributed by atoms with Crippen LogP contribution in [-0.4, -0.2) is 11.1 Å². The van der Waals surface area contributed by atoms with Crippen molar-refractivity contribution in [2.75, 3.05) is 5.73 Å². The predicted octanol–water partition coefficient (Wildman–Crippen LogP) is 0.960. The third-order valence-electron chi connectivity index (χ3n) is 1.36. The van der Waals surface area contributed by atoms with E-state index in [2.05, 4.69) is 6.07 Å². The van der Waals surface area contributed by atoms with Gasteiger partial charge in [0.2, 0.25) is 0 Å². The maximum absolute atomic E-state index is 9.00. The van der Waals surface area contributed by atoms with Crippen LogP contribution in [0.2, 0.25) is 0 Å². The van der Waals surface area contributed by atoms with Gasteiger partial charge in [-0.25, -0.2) is 0 Å². The molecule has 3 N–H and O–H groups in total. The molecule has 58 valence electrons. The molecule has 0 aliphatic heterocycles. The molecule has 0 spiro atoms. The standard InChI is InChI=1S/C6H5N.C2H4O2/c7-6-3-4-1-2-5(4)6;1-2(3)4/h1-3H,7H2;1H3,(H,3,4). The molecule has 0 atom stereocenters. The Bertz CT molecular complexity index is 366. The van der Waals surface area contributed by atoms with Gasteiger partial charge in [0.15, 0.2) is 0 Å². The maximum atomic E-state index is 9.00. The molecule has 0 aromatic carbocycles. The highest BCUT2D eigenvalue weighted by molar-refractivity contribution is 5.62. The highest BCUT2D eigenvalue weighted by Gasteiger charge is 1.98. The number of carboxylic acid groups (broad SMARTS) is 1. The Kier molecular flexibility index (Phi) is 1.81. The van der Waals surface area contributed by atoms with Gasteiger partial charge in [-0.2, -0.15) is 0 Å². The normalized spacial score (nSPS) is 9.55. The van der Waals surface area contributed by atoms with Crippen LogP contribution in [0.15, 0.2) is 18.2 Å². The van der Waals surface area contributed by atoms with E-state index in [1.165, 1.54) is 10.4 Å². The molecule has 2 aliphatic rings. The van der Waals surface area contributed by atoms with Gasteiger partial charge < -0.3 is 10.8 Å². The highest BCUT2D eigenvalue weighted by Crippen LogP contribution is 2.16. The topological polar surface area (TPSA) is 63.3 Å². The average molecular weight is 151 g/mol. The van der Waals surface area contributed by atoms with Crippen molar-refractivity contribution in [2.45, 2.75) is 6.92 Å². The first-order chi connectivity index (χ1) is 5.11. The Balaban J connectivity index is 0.000000134. The first-order valence-corrected chi connectivity index (χ1v) is 3.20. The van der Waals surface area contributed by atoms with Crippen LogP contribution < -0.4 is 5.73 Å². The van der Waals surface area contributed by atoms with Crippen LogP contribution in [0.25, 0.3) is 0 Å². The number of carboxylic acids is 1. The number of benzene rings is 1. The lowest BCUT2D eigenvalue weighted by Crippen LogP contribution is -1.95. The molecule has 0 saturated carbocycles. The summed E-state index contributed by atoms with van der Waals surface area (Å²) in [5.74, 6) is -0.833. The smallest absolute Gasteiger partial charge is 0.300 e. The van der Waals surface area contributed by atoms with Crippen molar-refractivity contribution in [3.05, 3.63) is 28.6 Å². The van der Waals surface area contributed by atoms with E-state index in [0.29, 0.717) is 0 Å². The van der Waals surface area contributed by atoms with E-state index in [4.69, 9.17) is 15.6 Å². The van der Waals surface area contributed by atoms with E-state index in [1.54, 1.807) is 0 Å². The Hall–Kier alpha value is -1.51. The minimum Gasteiger partial charge on any atom is -0.481 e. The molecule has 0 unspecified atom stereocenters. The van der Waals surface area contributed by atoms with Crippen LogP contribution >= 0.6 is 0 Å². The summed E-state index contributed by atoms with van der Waals surface area (Å²) in [6, 6.07) is 6.08. The number of anilines is 1. The number of hydrogen-bond donors (Lipinski definition) is 2. The third kappa shape index (κ3) is 1.49. The fourth-order valence-electron chi connectivity index (χ4n) is 0.819. The molecule has 3 heteroatoms. The minimum absolute atomic E-state index is 0.833. The zero-order valence-electron chi connectivity index (χ0n) is 6.16. The molecule has 0 saturated heterocycles.